The largest absolute Gasteiger partial charge is 0.268 e. The van der Waals surface area contributed by atoms with Gasteiger partial charge in [0, 0.05) is 22.3 Å². The Morgan fingerprint density at radius 2 is 2.05 bits per heavy atom. The van der Waals surface area contributed by atoms with Crippen molar-refractivity contribution in [1.29, 1.82) is 0 Å². The molecule has 0 spiro atoms. The van der Waals surface area contributed by atoms with E-state index in [1.54, 1.807) is 17.4 Å². The molecule has 0 bridgehead atoms. The predicted octanol–water partition coefficient (Wildman–Crippen LogP) is 2.31. The first-order valence-electron chi connectivity index (χ1n) is 5.73. The summed E-state index contributed by atoms with van der Waals surface area (Å²) in [7, 11) is 0. The van der Waals surface area contributed by atoms with Gasteiger partial charge >= 0.3 is 0 Å². The minimum atomic E-state index is -0.254. The number of carbonyl (C=O) groups is 1. The molecule has 0 unspecified atom stereocenters. The van der Waals surface area contributed by atoms with Crippen LogP contribution in [-0.2, 0) is 4.79 Å². The summed E-state index contributed by atoms with van der Waals surface area (Å²) in [5.74, 6) is 0.131. The number of nitrogens with one attached hydrogen (secondary N) is 2. The van der Waals surface area contributed by atoms with Crippen molar-refractivity contribution < 1.29 is 4.79 Å². The molecule has 19 heavy (non-hydrogen) atoms. The Morgan fingerprint density at radius 1 is 1.32 bits per heavy atom. The maximum atomic E-state index is 11.6. The molecule has 6 heteroatoms. The second kappa shape index (κ2) is 6.10. The Kier molecular flexibility index (Phi) is 4.25. The van der Waals surface area contributed by atoms with Crippen LogP contribution < -0.4 is 10.9 Å². The maximum absolute atomic E-state index is 11.6. The number of hydrogen-bond acceptors (Lipinski definition) is 5. The van der Waals surface area contributed by atoms with Crippen molar-refractivity contribution in [3.05, 3.63) is 45.9 Å². The topological polar surface area (TPSA) is 66.9 Å². The van der Waals surface area contributed by atoms with Gasteiger partial charge in [-0.15, -0.1) is 11.3 Å². The molecule has 98 valence electrons. The summed E-state index contributed by atoms with van der Waals surface area (Å²) in [5.41, 5.74) is 6.90. The average Bonchev–Trinajstić information content (AvgIpc) is 2.86. The second-order valence-corrected chi connectivity index (χ2v) is 4.92. The number of aromatic nitrogens is 2. The van der Waals surface area contributed by atoms with Gasteiger partial charge in [-0.3, -0.25) is 15.6 Å². The van der Waals surface area contributed by atoms with E-state index >= 15 is 0 Å². The number of hydrazine groups is 1. The van der Waals surface area contributed by atoms with E-state index < -0.39 is 0 Å². The lowest BCUT2D eigenvalue weighted by Gasteiger charge is -2.06. The van der Waals surface area contributed by atoms with Crippen molar-refractivity contribution >= 4 is 29.3 Å². The monoisotopic (exact) mass is 274 g/mol. The van der Waals surface area contributed by atoms with Gasteiger partial charge in [0.1, 0.15) is 0 Å². The summed E-state index contributed by atoms with van der Waals surface area (Å²) in [6, 6.07) is 5.74. The molecule has 2 aromatic rings. The molecule has 0 aliphatic carbocycles. The Hall–Kier alpha value is -2.21. The predicted molar refractivity (Wildman–Crippen MR) is 76.6 cm³/mol. The van der Waals surface area contributed by atoms with E-state index in [-0.39, 0.29) is 5.91 Å². The van der Waals surface area contributed by atoms with Crippen LogP contribution in [0.15, 0.2) is 29.7 Å². The van der Waals surface area contributed by atoms with Crippen molar-refractivity contribution in [1.82, 2.24) is 15.4 Å². The van der Waals surface area contributed by atoms with Crippen LogP contribution >= 0.6 is 11.3 Å². The van der Waals surface area contributed by atoms with Crippen LogP contribution in [-0.4, -0.2) is 15.9 Å². The van der Waals surface area contributed by atoms with Gasteiger partial charge in [-0.25, -0.2) is 9.97 Å². The first-order valence-corrected chi connectivity index (χ1v) is 6.61. The highest BCUT2D eigenvalue weighted by Gasteiger charge is 2.00. The number of aryl methyl sites for hydroxylation is 2. The number of thiophene rings is 1. The molecule has 5 nitrogen and oxygen atoms in total. The SMILES string of the molecule is Cc1cc(C)nc(NNC(=O)/C=C/c2cccs2)n1. The molecule has 0 aromatic carbocycles. The molecule has 2 rings (SSSR count). The summed E-state index contributed by atoms with van der Waals surface area (Å²) >= 11 is 1.57. The minimum Gasteiger partial charge on any atom is -0.268 e. The minimum absolute atomic E-state index is 0.254. The Bertz CT molecular complexity index is 572. The summed E-state index contributed by atoms with van der Waals surface area (Å²) in [6.07, 6.45) is 3.21. The molecule has 0 saturated heterocycles. The van der Waals surface area contributed by atoms with Crippen LogP contribution in [0, 0.1) is 13.8 Å². The van der Waals surface area contributed by atoms with Gasteiger partial charge in [-0.05, 0) is 37.4 Å². The van der Waals surface area contributed by atoms with Gasteiger partial charge in [0.15, 0.2) is 0 Å². The van der Waals surface area contributed by atoms with Crippen LogP contribution in [0.1, 0.15) is 16.3 Å². The quantitative estimate of drug-likeness (QED) is 0.663. The zero-order chi connectivity index (χ0) is 13.7. The van der Waals surface area contributed by atoms with Gasteiger partial charge in [-0.1, -0.05) is 6.07 Å². The highest BCUT2D eigenvalue weighted by Crippen LogP contribution is 2.09. The smallest absolute Gasteiger partial charge is 0.262 e. The molecule has 0 radical (unpaired) electrons. The zero-order valence-corrected chi connectivity index (χ0v) is 11.5. The highest BCUT2D eigenvalue weighted by molar-refractivity contribution is 7.10. The van der Waals surface area contributed by atoms with Gasteiger partial charge < -0.3 is 0 Å². The zero-order valence-electron chi connectivity index (χ0n) is 10.7. The molecular weight excluding hydrogens is 260 g/mol. The van der Waals surface area contributed by atoms with Crippen molar-refractivity contribution in [2.75, 3.05) is 5.43 Å². The summed E-state index contributed by atoms with van der Waals surface area (Å²) < 4.78 is 0. The van der Waals surface area contributed by atoms with E-state index in [4.69, 9.17) is 0 Å². The second-order valence-electron chi connectivity index (χ2n) is 3.94. The molecule has 0 fully saturated rings. The summed E-state index contributed by atoms with van der Waals surface area (Å²) in [6.45, 7) is 3.75. The van der Waals surface area contributed by atoms with Gasteiger partial charge in [0.2, 0.25) is 5.95 Å². The third-order valence-electron chi connectivity index (χ3n) is 2.22. The first kappa shape index (κ1) is 13.2. The number of hydrogen-bond donors (Lipinski definition) is 2. The molecule has 0 atom stereocenters. The Balaban J connectivity index is 1.89. The van der Waals surface area contributed by atoms with Gasteiger partial charge in [0.25, 0.3) is 5.91 Å². The number of nitrogens with zero attached hydrogens (tertiary/aromatic N) is 2. The van der Waals surface area contributed by atoms with Crippen LogP contribution in [0.25, 0.3) is 6.08 Å². The standard InChI is InChI=1S/C13H14N4OS/c1-9-8-10(2)15-13(14-9)17-16-12(18)6-5-11-4-3-7-19-11/h3-8H,1-2H3,(H,16,18)(H,14,15,17)/b6-5+. The van der Waals surface area contributed by atoms with E-state index in [2.05, 4.69) is 20.8 Å². The molecule has 2 N–H and O–H groups in total. The lowest BCUT2D eigenvalue weighted by atomic mass is 10.4. The Labute approximate surface area is 115 Å². The number of anilines is 1. The normalized spacial score (nSPS) is 10.6. The number of carbonyl (C=O) groups excluding carboxylic acids is 1. The van der Waals surface area contributed by atoms with Crippen LogP contribution in [0.3, 0.4) is 0 Å². The number of rotatable bonds is 4. The fourth-order valence-corrected chi connectivity index (χ4v) is 2.10. The lowest BCUT2D eigenvalue weighted by molar-refractivity contribution is -0.116. The molecule has 1 amide bonds. The lowest BCUT2D eigenvalue weighted by Crippen LogP contribution is -2.28. The molecule has 0 saturated carbocycles. The molecule has 2 aromatic heterocycles. The van der Waals surface area contributed by atoms with Gasteiger partial charge in [0.05, 0.1) is 0 Å². The fourth-order valence-electron chi connectivity index (χ4n) is 1.48. The molecule has 2 heterocycles. The fraction of sp³-hybridized carbons (Fsp3) is 0.154. The van der Waals surface area contributed by atoms with Crippen LogP contribution in [0.5, 0.6) is 0 Å². The Morgan fingerprint density at radius 3 is 2.68 bits per heavy atom. The molecule has 0 aliphatic heterocycles. The van der Waals surface area contributed by atoms with Crippen molar-refractivity contribution in [3.63, 3.8) is 0 Å². The molecular formula is C13H14N4OS. The average molecular weight is 274 g/mol. The summed E-state index contributed by atoms with van der Waals surface area (Å²) in [5, 5.41) is 1.96. The summed E-state index contributed by atoms with van der Waals surface area (Å²) in [4.78, 5) is 20.9. The van der Waals surface area contributed by atoms with E-state index in [0.717, 1.165) is 16.3 Å². The van der Waals surface area contributed by atoms with Crippen LogP contribution in [0.4, 0.5) is 5.95 Å². The first-order chi connectivity index (χ1) is 9.13. The third kappa shape index (κ3) is 4.18. The highest BCUT2D eigenvalue weighted by atomic mass is 32.1. The van der Waals surface area contributed by atoms with Crippen molar-refractivity contribution in [3.8, 4) is 0 Å². The maximum Gasteiger partial charge on any atom is 0.262 e. The van der Waals surface area contributed by atoms with Crippen molar-refractivity contribution in [2.24, 2.45) is 0 Å². The van der Waals surface area contributed by atoms with E-state index in [9.17, 15) is 4.79 Å². The third-order valence-corrected chi connectivity index (χ3v) is 3.06. The van der Waals surface area contributed by atoms with E-state index in [0.29, 0.717) is 5.95 Å². The number of amides is 1. The van der Waals surface area contributed by atoms with Crippen molar-refractivity contribution in [2.45, 2.75) is 13.8 Å². The van der Waals surface area contributed by atoms with E-state index in [1.165, 1.54) is 6.08 Å². The van der Waals surface area contributed by atoms with E-state index in [1.807, 2.05) is 37.4 Å². The molecule has 0 aliphatic rings. The van der Waals surface area contributed by atoms with Crippen LogP contribution in [0.2, 0.25) is 0 Å². The van der Waals surface area contributed by atoms with Gasteiger partial charge in [-0.2, -0.15) is 0 Å².